The molecule has 0 spiro atoms. The molecule has 0 unspecified atom stereocenters. The van der Waals surface area contributed by atoms with Crippen LogP contribution < -0.4 is 5.32 Å². The monoisotopic (exact) mass is 331 g/mol. The number of hydrogen-bond acceptors (Lipinski definition) is 2. The number of aromatic nitrogens is 2. The molecule has 1 heterocycles. The lowest BCUT2D eigenvalue weighted by Gasteiger charge is -2.24. The first-order valence-electron chi connectivity index (χ1n) is 9.17. The Balaban J connectivity index is 1.47. The third-order valence-corrected chi connectivity index (χ3v) is 5.11. The van der Waals surface area contributed by atoms with E-state index in [0.717, 1.165) is 19.5 Å². The van der Waals surface area contributed by atoms with Gasteiger partial charge < -0.3 is 5.32 Å². The summed E-state index contributed by atoms with van der Waals surface area (Å²) < 4.78 is 2.18. The minimum Gasteiger partial charge on any atom is -0.306 e. The molecule has 0 amide bonds. The molecule has 128 valence electrons. The van der Waals surface area contributed by atoms with Crippen molar-refractivity contribution in [1.29, 1.82) is 0 Å². The number of fused-ring (bicyclic) bond motifs is 1. The van der Waals surface area contributed by atoms with Gasteiger partial charge in [-0.1, -0.05) is 60.2 Å². The average molecular weight is 331 g/mol. The Morgan fingerprint density at radius 2 is 1.84 bits per heavy atom. The summed E-state index contributed by atoms with van der Waals surface area (Å²) >= 11 is 0. The van der Waals surface area contributed by atoms with Crippen molar-refractivity contribution in [2.75, 3.05) is 0 Å². The first kappa shape index (κ1) is 16.1. The molecule has 1 N–H and O–H groups in total. The Bertz CT molecular complexity index is 818. The SMILES string of the molecule is Cc1ccc(CN[C@H]2CCCc3c2cnn3Cc2ccccc2)cc1. The van der Waals surface area contributed by atoms with Gasteiger partial charge in [-0.2, -0.15) is 5.10 Å². The van der Waals surface area contributed by atoms with Crippen molar-refractivity contribution in [1.82, 2.24) is 15.1 Å². The Kier molecular flexibility index (Phi) is 4.66. The maximum absolute atomic E-state index is 4.69. The molecule has 0 saturated carbocycles. The summed E-state index contributed by atoms with van der Waals surface area (Å²) in [4.78, 5) is 0. The second kappa shape index (κ2) is 7.24. The molecule has 1 aromatic heterocycles. The fourth-order valence-electron chi connectivity index (χ4n) is 3.67. The van der Waals surface area contributed by atoms with E-state index in [-0.39, 0.29) is 0 Å². The van der Waals surface area contributed by atoms with Crippen molar-refractivity contribution < 1.29 is 0 Å². The van der Waals surface area contributed by atoms with E-state index < -0.39 is 0 Å². The standard InChI is InChI=1S/C22H25N3/c1-17-10-12-18(13-11-17)14-23-21-8-5-9-22-20(21)15-24-25(22)16-19-6-3-2-4-7-19/h2-4,6-7,10-13,15,21,23H,5,8-9,14,16H2,1H3/t21-/m0/s1. The van der Waals surface area contributed by atoms with Crippen LogP contribution >= 0.6 is 0 Å². The fourth-order valence-corrected chi connectivity index (χ4v) is 3.67. The summed E-state index contributed by atoms with van der Waals surface area (Å²) in [5.41, 5.74) is 6.74. The molecular formula is C22H25N3. The van der Waals surface area contributed by atoms with E-state index in [4.69, 9.17) is 0 Å². The topological polar surface area (TPSA) is 29.9 Å². The smallest absolute Gasteiger partial charge is 0.0662 e. The maximum Gasteiger partial charge on any atom is 0.0662 e. The third-order valence-electron chi connectivity index (χ3n) is 5.11. The van der Waals surface area contributed by atoms with Crippen LogP contribution in [0.25, 0.3) is 0 Å². The molecule has 0 bridgehead atoms. The molecule has 4 rings (SSSR count). The highest BCUT2D eigenvalue weighted by Gasteiger charge is 2.23. The molecule has 0 saturated heterocycles. The van der Waals surface area contributed by atoms with Gasteiger partial charge in [-0.15, -0.1) is 0 Å². The molecule has 0 aliphatic heterocycles. The molecule has 0 fully saturated rings. The van der Waals surface area contributed by atoms with Crippen LogP contribution in [-0.4, -0.2) is 9.78 Å². The van der Waals surface area contributed by atoms with Crippen LogP contribution in [0.4, 0.5) is 0 Å². The fraction of sp³-hybridized carbons (Fsp3) is 0.318. The highest BCUT2D eigenvalue weighted by Crippen LogP contribution is 2.30. The van der Waals surface area contributed by atoms with Gasteiger partial charge >= 0.3 is 0 Å². The molecular weight excluding hydrogens is 306 g/mol. The van der Waals surface area contributed by atoms with Gasteiger partial charge in [0.2, 0.25) is 0 Å². The van der Waals surface area contributed by atoms with Crippen LogP contribution in [0.3, 0.4) is 0 Å². The van der Waals surface area contributed by atoms with Crippen LogP contribution in [0.15, 0.2) is 60.8 Å². The highest BCUT2D eigenvalue weighted by atomic mass is 15.3. The first-order chi connectivity index (χ1) is 12.3. The summed E-state index contributed by atoms with van der Waals surface area (Å²) in [6.45, 7) is 3.90. The van der Waals surface area contributed by atoms with E-state index in [0.29, 0.717) is 6.04 Å². The van der Waals surface area contributed by atoms with Gasteiger partial charge in [0.05, 0.1) is 12.7 Å². The number of nitrogens with one attached hydrogen (secondary N) is 1. The average Bonchev–Trinajstić information content (AvgIpc) is 3.06. The van der Waals surface area contributed by atoms with Gasteiger partial charge in [-0.05, 0) is 37.3 Å². The second-order valence-electron chi connectivity index (χ2n) is 7.00. The summed E-state index contributed by atoms with van der Waals surface area (Å²) in [5.74, 6) is 0. The third kappa shape index (κ3) is 3.67. The zero-order chi connectivity index (χ0) is 17.1. The zero-order valence-corrected chi connectivity index (χ0v) is 14.8. The summed E-state index contributed by atoms with van der Waals surface area (Å²) in [7, 11) is 0. The predicted octanol–water partition coefficient (Wildman–Crippen LogP) is 4.41. The minimum atomic E-state index is 0.412. The van der Waals surface area contributed by atoms with Crippen LogP contribution in [-0.2, 0) is 19.5 Å². The zero-order valence-electron chi connectivity index (χ0n) is 14.8. The Morgan fingerprint density at radius 3 is 2.64 bits per heavy atom. The van der Waals surface area contributed by atoms with Crippen molar-refractivity contribution in [2.24, 2.45) is 0 Å². The molecule has 1 aliphatic rings. The summed E-state index contributed by atoms with van der Waals surface area (Å²) in [6, 6.07) is 19.8. The summed E-state index contributed by atoms with van der Waals surface area (Å²) in [5, 5.41) is 8.42. The van der Waals surface area contributed by atoms with Gasteiger partial charge in [-0.25, -0.2) is 0 Å². The Labute approximate surface area is 149 Å². The van der Waals surface area contributed by atoms with Crippen LogP contribution in [0.2, 0.25) is 0 Å². The summed E-state index contributed by atoms with van der Waals surface area (Å²) in [6.07, 6.45) is 5.62. The van der Waals surface area contributed by atoms with E-state index in [1.165, 1.54) is 40.8 Å². The lowest BCUT2D eigenvalue weighted by molar-refractivity contribution is 0.449. The van der Waals surface area contributed by atoms with Crippen molar-refractivity contribution in [3.8, 4) is 0 Å². The lowest BCUT2D eigenvalue weighted by atomic mass is 9.92. The number of benzene rings is 2. The van der Waals surface area contributed by atoms with Gasteiger partial charge in [-0.3, -0.25) is 4.68 Å². The van der Waals surface area contributed by atoms with Gasteiger partial charge in [0.25, 0.3) is 0 Å². The van der Waals surface area contributed by atoms with Crippen LogP contribution in [0.1, 0.15) is 46.8 Å². The molecule has 2 aromatic carbocycles. The number of hydrogen-bond donors (Lipinski definition) is 1. The van der Waals surface area contributed by atoms with Gasteiger partial charge in [0.1, 0.15) is 0 Å². The lowest BCUT2D eigenvalue weighted by Crippen LogP contribution is -2.25. The quantitative estimate of drug-likeness (QED) is 0.750. The maximum atomic E-state index is 4.69. The van der Waals surface area contributed by atoms with E-state index in [1.54, 1.807) is 0 Å². The number of aryl methyl sites for hydroxylation is 1. The van der Waals surface area contributed by atoms with Crippen molar-refractivity contribution >= 4 is 0 Å². The van der Waals surface area contributed by atoms with Crippen molar-refractivity contribution in [2.45, 2.75) is 45.3 Å². The van der Waals surface area contributed by atoms with E-state index in [2.05, 4.69) is 82.8 Å². The highest BCUT2D eigenvalue weighted by molar-refractivity contribution is 5.27. The van der Waals surface area contributed by atoms with Crippen LogP contribution in [0, 0.1) is 6.92 Å². The first-order valence-corrected chi connectivity index (χ1v) is 9.17. The number of rotatable bonds is 5. The predicted molar refractivity (Wildman–Crippen MR) is 101 cm³/mol. The normalized spacial score (nSPS) is 16.6. The molecule has 0 radical (unpaired) electrons. The largest absolute Gasteiger partial charge is 0.306 e. The molecule has 3 nitrogen and oxygen atoms in total. The molecule has 1 aliphatic carbocycles. The molecule has 25 heavy (non-hydrogen) atoms. The van der Waals surface area contributed by atoms with Crippen LogP contribution in [0.5, 0.6) is 0 Å². The molecule has 1 atom stereocenters. The van der Waals surface area contributed by atoms with E-state index in [9.17, 15) is 0 Å². The van der Waals surface area contributed by atoms with Gasteiger partial charge in [0, 0.05) is 23.8 Å². The van der Waals surface area contributed by atoms with Crippen molar-refractivity contribution in [3.05, 3.63) is 88.7 Å². The molecule has 3 aromatic rings. The van der Waals surface area contributed by atoms with E-state index >= 15 is 0 Å². The minimum absolute atomic E-state index is 0.412. The number of nitrogens with zero attached hydrogens (tertiary/aromatic N) is 2. The molecule has 3 heteroatoms. The van der Waals surface area contributed by atoms with Gasteiger partial charge in [0.15, 0.2) is 0 Å². The van der Waals surface area contributed by atoms with Crippen molar-refractivity contribution in [3.63, 3.8) is 0 Å². The second-order valence-corrected chi connectivity index (χ2v) is 7.00. The Morgan fingerprint density at radius 1 is 1.04 bits per heavy atom. The Hall–Kier alpha value is -2.39. The van der Waals surface area contributed by atoms with E-state index in [1.807, 2.05) is 0 Å².